The van der Waals surface area contributed by atoms with Crippen LogP contribution in [0.2, 0.25) is 5.15 Å². The second-order valence-electron chi connectivity index (χ2n) is 3.71. The SMILES string of the molecule is NC(=O)C1CC(=O)N(c2cc(Cl)nc(N)n2)C1. The summed E-state index contributed by atoms with van der Waals surface area (Å²) in [5, 5.41) is 0.142. The van der Waals surface area contributed by atoms with E-state index in [1.54, 1.807) is 0 Å². The molecule has 0 saturated carbocycles. The normalized spacial score (nSPS) is 19.7. The number of rotatable bonds is 2. The number of anilines is 2. The van der Waals surface area contributed by atoms with Crippen LogP contribution in [0.1, 0.15) is 6.42 Å². The van der Waals surface area contributed by atoms with E-state index in [4.69, 9.17) is 23.1 Å². The van der Waals surface area contributed by atoms with Crippen molar-refractivity contribution in [1.82, 2.24) is 9.97 Å². The van der Waals surface area contributed by atoms with Gasteiger partial charge in [0.2, 0.25) is 17.8 Å². The van der Waals surface area contributed by atoms with E-state index in [1.807, 2.05) is 0 Å². The highest BCUT2D eigenvalue weighted by Gasteiger charge is 2.34. The second kappa shape index (κ2) is 4.17. The third-order valence-electron chi connectivity index (χ3n) is 2.50. The van der Waals surface area contributed by atoms with Gasteiger partial charge in [-0.15, -0.1) is 0 Å². The lowest BCUT2D eigenvalue weighted by Crippen LogP contribution is -2.29. The third kappa shape index (κ3) is 2.28. The molecular formula is C9H10ClN5O2. The third-order valence-corrected chi connectivity index (χ3v) is 2.70. The van der Waals surface area contributed by atoms with Gasteiger partial charge in [-0.25, -0.2) is 4.98 Å². The highest BCUT2D eigenvalue weighted by Crippen LogP contribution is 2.25. The minimum atomic E-state index is -0.506. The number of nitrogen functional groups attached to an aromatic ring is 1. The molecule has 8 heteroatoms. The number of amides is 2. The van der Waals surface area contributed by atoms with Gasteiger partial charge in [0.15, 0.2) is 0 Å². The molecule has 1 unspecified atom stereocenters. The average Bonchev–Trinajstić information content (AvgIpc) is 2.59. The Morgan fingerprint density at radius 1 is 1.53 bits per heavy atom. The van der Waals surface area contributed by atoms with Gasteiger partial charge in [-0.1, -0.05) is 11.6 Å². The van der Waals surface area contributed by atoms with E-state index in [0.717, 1.165) is 0 Å². The van der Waals surface area contributed by atoms with E-state index >= 15 is 0 Å². The van der Waals surface area contributed by atoms with Gasteiger partial charge in [0.05, 0.1) is 5.92 Å². The Morgan fingerprint density at radius 2 is 2.24 bits per heavy atom. The largest absolute Gasteiger partial charge is 0.369 e. The van der Waals surface area contributed by atoms with Gasteiger partial charge in [-0.3, -0.25) is 14.5 Å². The lowest BCUT2D eigenvalue weighted by Gasteiger charge is -2.15. The quantitative estimate of drug-likeness (QED) is 0.695. The molecule has 0 aliphatic carbocycles. The monoisotopic (exact) mass is 255 g/mol. The fourth-order valence-electron chi connectivity index (χ4n) is 1.68. The molecule has 0 aromatic carbocycles. The molecule has 0 spiro atoms. The first-order valence-electron chi connectivity index (χ1n) is 4.87. The molecule has 17 heavy (non-hydrogen) atoms. The summed E-state index contributed by atoms with van der Waals surface area (Å²) in [5.41, 5.74) is 10.6. The van der Waals surface area contributed by atoms with Crippen LogP contribution < -0.4 is 16.4 Å². The zero-order chi connectivity index (χ0) is 12.6. The van der Waals surface area contributed by atoms with E-state index in [9.17, 15) is 9.59 Å². The van der Waals surface area contributed by atoms with Crippen LogP contribution in [0.4, 0.5) is 11.8 Å². The Bertz CT molecular complexity index is 472. The van der Waals surface area contributed by atoms with Crippen molar-refractivity contribution < 1.29 is 9.59 Å². The summed E-state index contributed by atoms with van der Waals surface area (Å²) in [6, 6.07) is 1.42. The number of nitrogens with two attached hydrogens (primary N) is 2. The molecule has 1 saturated heterocycles. The molecule has 2 amide bonds. The Hall–Kier alpha value is -1.89. The van der Waals surface area contributed by atoms with Gasteiger partial charge in [0, 0.05) is 19.0 Å². The molecule has 4 N–H and O–H groups in total. The number of nitrogens with zero attached hydrogens (tertiary/aromatic N) is 3. The van der Waals surface area contributed by atoms with Crippen molar-refractivity contribution in [3.05, 3.63) is 11.2 Å². The molecule has 1 fully saturated rings. The smallest absolute Gasteiger partial charge is 0.229 e. The summed E-state index contributed by atoms with van der Waals surface area (Å²) < 4.78 is 0. The number of primary amides is 1. The molecule has 90 valence electrons. The molecule has 1 aromatic rings. The first-order valence-corrected chi connectivity index (χ1v) is 5.25. The van der Waals surface area contributed by atoms with Crippen molar-refractivity contribution >= 4 is 35.2 Å². The molecular weight excluding hydrogens is 246 g/mol. The lowest BCUT2D eigenvalue weighted by molar-refractivity contribution is -0.123. The Labute approximate surface area is 102 Å². The van der Waals surface area contributed by atoms with Crippen molar-refractivity contribution in [3.63, 3.8) is 0 Å². The first kappa shape index (κ1) is 11.6. The van der Waals surface area contributed by atoms with Crippen molar-refractivity contribution in [2.75, 3.05) is 17.2 Å². The van der Waals surface area contributed by atoms with Crippen LogP contribution in [-0.4, -0.2) is 28.3 Å². The van der Waals surface area contributed by atoms with Gasteiger partial charge < -0.3 is 11.5 Å². The van der Waals surface area contributed by atoms with E-state index in [2.05, 4.69) is 9.97 Å². The van der Waals surface area contributed by atoms with Crippen LogP contribution in [0.15, 0.2) is 6.07 Å². The van der Waals surface area contributed by atoms with Gasteiger partial charge in [0.25, 0.3) is 0 Å². The molecule has 1 aliphatic rings. The topological polar surface area (TPSA) is 115 Å². The van der Waals surface area contributed by atoms with Crippen molar-refractivity contribution in [1.29, 1.82) is 0 Å². The molecule has 2 rings (SSSR count). The zero-order valence-electron chi connectivity index (χ0n) is 8.76. The highest BCUT2D eigenvalue weighted by atomic mass is 35.5. The minimum absolute atomic E-state index is 0.0252. The van der Waals surface area contributed by atoms with E-state index in [-0.39, 0.29) is 35.8 Å². The minimum Gasteiger partial charge on any atom is -0.369 e. The number of halogens is 1. The summed E-state index contributed by atoms with van der Waals surface area (Å²) in [4.78, 5) is 31.6. The van der Waals surface area contributed by atoms with E-state index < -0.39 is 11.8 Å². The average molecular weight is 256 g/mol. The maximum atomic E-state index is 11.7. The van der Waals surface area contributed by atoms with Gasteiger partial charge in [-0.05, 0) is 0 Å². The van der Waals surface area contributed by atoms with Crippen LogP contribution in [0.3, 0.4) is 0 Å². The van der Waals surface area contributed by atoms with Crippen LogP contribution in [0.5, 0.6) is 0 Å². The molecule has 2 heterocycles. The number of hydrogen-bond acceptors (Lipinski definition) is 5. The highest BCUT2D eigenvalue weighted by molar-refractivity contribution is 6.29. The van der Waals surface area contributed by atoms with E-state index in [0.29, 0.717) is 0 Å². The van der Waals surface area contributed by atoms with Crippen molar-refractivity contribution in [3.8, 4) is 0 Å². The number of aromatic nitrogens is 2. The van der Waals surface area contributed by atoms with Gasteiger partial charge >= 0.3 is 0 Å². The predicted molar refractivity (Wildman–Crippen MR) is 61.1 cm³/mol. The maximum Gasteiger partial charge on any atom is 0.229 e. The summed E-state index contributed by atoms with van der Waals surface area (Å²) in [6.45, 7) is 0.195. The van der Waals surface area contributed by atoms with E-state index in [1.165, 1.54) is 11.0 Å². The van der Waals surface area contributed by atoms with Crippen molar-refractivity contribution in [2.45, 2.75) is 6.42 Å². The van der Waals surface area contributed by atoms with Gasteiger partial charge in [-0.2, -0.15) is 4.98 Å². The molecule has 7 nitrogen and oxygen atoms in total. The fraction of sp³-hybridized carbons (Fsp3) is 0.333. The molecule has 0 bridgehead atoms. The summed E-state index contributed by atoms with van der Waals surface area (Å²) >= 11 is 5.71. The van der Waals surface area contributed by atoms with Crippen LogP contribution >= 0.6 is 11.6 Å². The fourth-order valence-corrected chi connectivity index (χ4v) is 1.86. The van der Waals surface area contributed by atoms with Crippen LogP contribution in [-0.2, 0) is 9.59 Å². The van der Waals surface area contributed by atoms with Crippen LogP contribution in [0.25, 0.3) is 0 Å². The maximum absolute atomic E-state index is 11.7. The lowest BCUT2D eigenvalue weighted by atomic mass is 10.1. The Balaban J connectivity index is 2.28. The number of carbonyl (C=O) groups is 2. The number of hydrogen-bond donors (Lipinski definition) is 2. The molecule has 1 aromatic heterocycles. The standard InChI is InChI=1S/C9H10ClN5O2/c10-5-2-6(14-9(12)13-5)15-3-4(8(11)17)1-7(15)16/h2,4H,1,3H2,(H2,11,17)(H2,12,13,14). The van der Waals surface area contributed by atoms with Crippen LogP contribution in [0, 0.1) is 5.92 Å². The first-order chi connectivity index (χ1) is 7.97. The van der Waals surface area contributed by atoms with Gasteiger partial charge in [0.1, 0.15) is 11.0 Å². The summed E-state index contributed by atoms with van der Waals surface area (Å²) in [6.07, 6.45) is 0.0802. The Morgan fingerprint density at radius 3 is 2.76 bits per heavy atom. The molecule has 0 radical (unpaired) electrons. The van der Waals surface area contributed by atoms with Crippen molar-refractivity contribution in [2.24, 2.45) is 11.7 Å². The summed E-state index contributed by atoms with van der Waals surface area (Å²) in [5.74, 6) is -0.978. The second-order valence-corrected chi connectivity index (χ2v) is 4.10. The molecule has 1 aliphatic heterocycles. The predicted octanol–water partition coefficient (Wildman–Crippen LogP) is -0.450. The Kier molecular flexibility index (Phi) is 2.84. The number of carbonyl (C=O) groups excluding carboxylic acids is 2. The molecule has 1 atom stereocenters. The zero-order valence-corrected chi connectivity index (χ0v) is 9.52. The summed E-state index contributed by atoms with van der Waals surface area (Å²) in [7, 11) is 0.